The number of nitrogens with one attached hydrogen (secondary N) is 1. The van der Waals surface area contributed by atoms with Crippen LogP contribution in [0.4, 0.5) is 0 Å². The summed E-state index contributed by atoms with van der Waals surface area (Å²) in [6, 6.07) is 5.88. The second-order valence-corrected chi connectivity index (χ2v) is 5.61. The molecule has 1 aliphatic rings. The van der Waals surface area contributed by atoms with Crippen molar-refractivity contribution in [2.24, 2.45) is 11.8 Å². The van der Waals surface area contributed by atoms with Crippen LogP contribution in [-0.4, -0.2) is 6.04 Å². The van der Waals surface area contributed by atoms with Gasteiger partial charge >= 0.3 is 0 Å². The summed E-state index contributed by atoms with van der Waals surface area (Å²) in [7, 11) is 0. The van der Waals surface area contributed by atoms with Gasteiger partial charge in [0, 0.05) is 16.1 Å². The number of hydrogen-bond acceptors (Lipinski definition) is 2. The molecule has 1 aromatic carbocycles. The van der Waals surface area contributed by atoms with E-state index in [2.05, 4.69) is 5.43 Å². The molecule has 1 fully saturated rings. The van der Waals surface area contributed by atoms with Crippen LogP contribution < -0.4 is 11.3 Å². The first-order chi connectivity index (χ1) is 8.20. The molecule has 1 unspecified atom stereocenters. The Morgan fingerprint density at radius 3 is 2.41 bits per heavy atom. The molecule has 2 rings (SSSR count). The molecular formula is C13H18Cl2N2. The molecule has 0 spiro atoms. The summed E-state index contributed by atoms with van der Waals surface area (Å²) in [5, 5.41) is 1.46. The fraction of sp³-hybridized carbons (Fsp3) is 0.538. The van der Waals surface area contributed by atoms with E-state index in [-0.39, 0.29) is 6.04 Å². The molecule has 0 aromatic heterocycles. The first-order valence-corrected chi connectivity index (χ1v) is 6.85. The zero-order valence-electron chi connectivity index (χ0n) is 9.76. The maximum atomic E-state index is 6.16. The van der Waals surface area contributed by atoms with Crippen molar-refractivity contribution in [1.29, 1.82) is 0 Å². The summed E-state index contributed by atoms with van der Waals surface area (Å²) in [6.07, 6.45) is 5.92. The van der Waals surface area contributed by atoms with Crippen molar-refractivity contribution in [3.63, 3.8) is 0 Å². The van der Waals surface area contributed by atoms with Crippen molar-refractivity contribution in [1.82, 2.24) is 5.43 Å². The number of benzene rings is 1. The molecule has 0 heterocycles. The molecule has 1 saturated carbocycles. The first kappa shape index (κ1) is 13.2. The maximum Gasteiger partial charge on any atom is 0.0453 e. The van der Waals surface area contributed by atoms with E-state index in [0.717, 1.165) is 34.4 Å². The lowest BCUT2D eigenvalue weighted by atomic mass is 9.80. The standard InChI is InChI=1S/C13H18Cl2N2/c14-12-5-2-6-13(15)11(12)8-10(17-16)7-9-3-1-4-9/h2,5-6,9-10,17H,1,3-4,7-8,16H2. The third kappa shape index (κ3) is 3.35. The monoisotopic (exact) mass is 272 g/mol. The van der Waals surface area contributed by atoms with Gasteiger partial charge < -0.3 is 0 Å². The minimum absolute atomic E-state index is 0.262. The van der Waals surface area contributed by atoms with Gasteiger partial charge in [-0.15, -0.1) is 0 Å². The van der Waals surface area contributed by atoms with Gasteiger partial charge in [-0.25, -0.2) is 0 Å². The van der Waals surface area contributed by atoms with Gasteiger partial charge in [-0.2, -0.15) is 0 Å². The highest BCUT2D eigenvalue weighted by Gasteiger charge is 2.22. The largest absolute Gasteiger partial charge is 0.271 e. The van der Waals surface area contributed by atoms with Crippen molar-refractivity contribution in [2.45, 2.75) is 38.1 Å². The predicted octanol–water partition coefficient (Wildman–Crippen LogP) is 3.56. The molecule has 0 radical (unpaired) electrons. The third-order valence-corrected chi connectivity index (χ3v) is 4.30. The van der Waals surface area contributed by atoms with Gasteiger partial charge in [0.25, 0.3) is 0 Å². The Labute approximate surface area is 112 Å². The summed E-state index contributed by atoms with van der Waals surface area (Å²) in [5.41, 5.74) is 3.89. The summed E-state index contributed by atoms with van der Waals surface area (Å²) in [5.74, 6) is 6.43. The lowest BCUT2D eigenvalue weighted by Crippen LogP contribution is -2.39. The Morgan fingerprint density at radius 1 is 1.29 bits per heavy atom. The van der Waals surface area contributed by atoms with Crippen LogP contribution in [0.25, 0.3) is 0 Å². The summed E-state index contributed by atoms with van der Waals surface area (Å²) < 4.78 is 0. The lowest BCUT2D eigenvalue weighted by Gasteiger charge is -2.29. The van der Waals surface area contributed by atoms with Gasteiger partial charge in [0.05, 0.1) is 0 Å². The van der Waals surface area contributed by atoms with Crippen LogP contribution in [-0.2, 0) is 6.42 Å². The molecule has 0 amide bonds. The smallest absolute Gasteiger partial charge is 0.0453 e. The minimum atomic E-state index is 0.262. The van der Waals surface area contributed by atoms with Gasteiger partial charge in [-0.3, -0.25) is 11.3 Å². The average molecular weight is 273 g/mol. The number of rotatable bonds is 5. The van der Waals surface area contributed by atoms with E-state index in [1.54, 1.807) is 0 Å². The highest BCUT2D eigenvalue weighted by atomic mass is 35.5. The second-order valence-electron chi connectivity index (χ2n) is 4.80. The summed E-state index contributed by atoms with van der Waals surface area (Å²) in [4.78, 5) is 0. The van der Waals surface area contributed by atoms with Gasteiger partial charge in [0.1, 0.15) is 0 Å². The third-order valence-electron chi connectivity index (χ3n) is 3.59. The quantitative estimate of drug-likeness (QED) is 0.636. The number of hydrazine groups is 1. The van der Waals surface area contributed by atoms with Crippen LogP contribution in [0.15, 0.2) is 18.2 Å². The SMILES string of the molecule is NNC(Cc1c(Cl)cccc1Cl)CC1CCC1. The van der Waals surface area contributed by atoms with Crippen molar-refractivity contribution < 1.29 is 0 Å². The predicted molar refractivity (Wildman–Crippen MR) is 73.2 cm³/mol. The molecule has 4 heteroatoms. The lowest BCUT2D eigenvalue weighted by molar-refractivity contribution is 0.259. The fourth-order valence-electron chi connectivity index (χ4n) is 2.31. The van der Waals surface area contributed by atoms with Gasteiger partial charge in [-0.05, 0) is 36.5 Å². The molecular weight excluding hydrogens is 255 g/mol. The van der Waals surface area contributed by atoms with Crippen LogP contribution in [0.3, 0.4) is 0 Å². The summed E-state index contributed by atoms with van der Waals surface area (Å²) >= 11 is 12.3. The molecule has 0 saturated heterocycles. The molecule has 94 valence electrons. The van der Waals surface area contributed by atoms with Crippen molar-refractivity contribution >= 4 is 23.2 Å². The maximum absolute atomic E-state index is 6.16. The molecule has 0 aliphatic heterocycles. The van der Waals surface area contributed by atoms with E-state index in [9.17, 15) is 0 Å². The topological polar surface area (TPSA) is 38.0 Å². The van der Waals surface area contributed by atoms with Gasteiger partial charge in [-0.1, -0.05) is 48.5 Å². The average Bonchev–Trinajstić information content (AvgIpc) is 2.25. The van der Waals surface area contributed by atoms with E-state index in [0.29, 0.717) is 0 Å². The zero-order valence-corrected chi connectivity index (χ0v) is 11.3. The fourth-order valence-corrected chi connectivity index (χ4v) is 2.87. The minimum Gasteiger partial charge on any atom is -0.271 e. The van der Waals surface area contributed by atoms with E-state index >= 15 is 0 Å². The van der Waals surface area contributed by atoms with Crippen LogP contribution >= 0.6 is 23.2 Å². The molecule has 1 aliphatic carbocycles. The molecule has 2 nitrogen and oxygen atoms in total. The van der Waals surface area contributed by atoms with Crippen molar-refractivity contribution in [3.8, 4) is 0 Å². The van der Waals surface area contributed by atoms with E-state index < -0.39 is 0 Å². The van der Waals surface area contributed by atoms with E-state index in [4.69, 9.17) is 29.0 Å². The molecule has 1 atom stereocenters. The van der Waals surface area contributed by atoms with Crippen molar-refractivity contribution in [2.75, 3.05) is 0 Å². The molecule has 17 heavy (non-hydrogen) atoms. The van der Waals surface area contributed by atoms with Crippen LogP contribution in [0, 0.1) is 5.92 Å². The van der Waals surface area contributed by atoms with Crippen molar-refractivity contribution in [3.05, 3.63) is 33.8 Å². The molecule has 1 aromatic rings. The second kappa shape index (κ2) is 6.05. The van der Waals surface area contributed by atoms with Gasteiger partial charge in [0.2, 0.25) is 0 Å². The van der Waals surface area contributed by atoms with Crippen LogP contribution in [0.2, 0.25) is 10.0 Å². The van der Waals surface area contributed by atoms with Gasteiger partial charge in [0.15, 0.2) is 0 Å². The number of nitrogens with two attached hydrogens (primary N) is 1. The molecule has 0 bridgehead atoms. The first-order valence-electron chi connectivity index (χ1n) is 6.09. The normalized spacial score (nSPS) is 17.8. The number of hydrogen-bond donors (Lipinski definition) is 2. The van der Waals surface area contributed by atoms with Crippen LogP contribution in [0.1, 0.15) is 31.2 Å². The van der Waals surface area contributed by atoms with E-state index in [1.807, 2.05) is 18.2 Å². The Hall–Kier alpha value is -0.280. The summed E-state index contributed by atoms with van der Waals surface area (Å²) in [6.45, 7) is 0. The highest BCUT2D eigenvalue weighted by molar-refractivity contribution is 6.35. The van der Waals surface area contributed by atoms with E-state index in [1.165, 1.54) is 19.3 Å². The number of halogens is 2. The Balaban J connectivity index is 2.01. The Kier molecular flexibility index (Phi) is 4.69. The van der Waals surface area contributed by atoms with Crippen LogP contribution in [0.5, 0.6) is 0 Å². The Bertz CT molecular complexity index is 357. The molecule has 3 N–H and O–H groups in total. The zero-order chi connectivity index (χ0) is 12.3. The highest BCUT2D eigenvalue weighted by Crippen LogP contribution is 2.32. The Morgan fingerprint density at radius 2 is 1.94 bits per heavy atom.